The number of nitrogens with one attached hydrogen (secondary N) is 1. The Bertz CT molecular complexity index is 184. The van der Waals surface area contributed by atoms with Gasteiger partial charge >= 0.3 is 0 Å². The molecule has 0 aliphatic rings. The minimum atomic E-state index is -0.00128. The summed E-state index contributed by atoms with van der Waals surface area (Å²) in [5.41, 5.74) is 5.72. The Kier molecular flexibility index (Phi) is 6.00. The van der Waals surface area contributed by atoms with Crippen molar-refractivity contribution in [3.63, 3.8) is 0 Å². The third-order valence-corrected chi connectivity index (χ3v) is 2.76. The highest BCUT2D eigenvalue weighted by Crippen LogP contribution is 2.08. The van der Waals surface area contributed by atoms with Gasteiger partial charge in [-0.3, -0.25) is 4.99 Å². The molecule has 14 heavy (non-hydrogen) atoms. The topological polar surface area (TPSA) is 50.4 Å². The van der Waals surface area contributed by atoms with Crippen molar-refractivity contribution < 1.29 is 0 Å². The molecule has 0 rings (SSSR count). The van der Waals surface area contributed by atoms with Gasteiger partial charge in [0.15, 0.2) is 5.96 Å². The molecule has 0 heterocycles. The molecule has 0 aromatic heterocycles. The summed E-state index contributed by atoms with van der Waals surface area (Å²) in [6.07, 6.45) is 3.19. The molecular weight excluding hydrogens is 194 g/mol. The van der Waals surface area contributed by atoms with E-state index in [4.69, 9.17) is 5.73 Å². The number of hydrogen-bond acceptors (Lipinski definition) is 2. The predicted octanol–water partition coefficient (Wildman–Crippen LogP) is 1.83. The summed E-state index contributed by atoms with van der Waals surface area (Å²) in [6.45, 7) is 9.21. The van der Waals surface area contributed by atoms with Crippen LogP contribution in [0.15, 0.2) is 4.99 Å². The Hall–Kier alpha value is -0.380. The zero-order valence-corrected chi connectivity index (χ0v) is 10.7. The fraction of sp³-hybridized carbons (Fsp3) is 0.900. The van der Waals surface area contributed by atoms with Crippen LogP contribution in [0.3, 0.4) is 0 Å². The predicted molar refractivity (Wildman–Crippen MR) is 67.0 cm³/mol. The summed E-state index contributed by atoms with van der Waals surface area (Å²) in [5, 5.41) is 3.79. The van der Waals surface area contributed by atoms with Crippen molar-refractivity contribution in [3.05, 3.63) is 0 Å². The molecule has 0 aliphatic carbocycles. The lowest BCUT2D eigenvalue weighted by atomic mass is 10.1. The first-order valence-corrected chi connectivity index (χ1v) is 6.25. The van der Waals surface area contributed by atoms with Gasteiger partial charge in [0, 0.05) is 17.3 Å². The number of nitrogens with two attached hydrogens (primary N) is 1. The van der Waals surface area contributed by atoms with Gasteiger partial charge in [-0.2, -0.15) is 11.8 Å². The smallest absolute Gasteiger partial charge is 0.188 e. The third-order valence-electron chi connectivity index (χ3n) is 1.72. The fourth-order valence-electron chi connectivity index (χ4n) is 0.908. The van der Waals surface area contributed by atoms with Gasteiger partial charge in [-0.1, -0.05) is 6.92 Å². The maximum absolute atomic E-state index is 5.72. The molecule has 0 saturated heterocycles. The molecule has 1 atom stereocenters. The van der Waals surface area contributed by atoms with Crippen LogP contribution in [-0.2, 0) is 0 Å². The average molecular weight is 217 g/mol. The van der Waals surface area contributed by atoms with E-state index in [1.807, 2.05) is 11.8 Å². The first-order valence-electron chi connectivity index (χ1n) is 4.96. The van der Waals surface area contributed by atoms with Gasteiger partial charge in [-0.15, -0.1) is 0 Å². The van der Waals surface area contributed by atoms with E-state index in [9.17, 15) is 0 Å². The molecule has 0 fully saturated rings. The maximum atomic E-state index is 5.72. The Morgan fingerprint density at radius 3 is 2.50 bits per heavy atom. The second kappa shape index (κ2) is 6.17. The molecule has 3 nitrogen and oxygen atoms in total. The van der Waals surface area contributed by atoms with Gasteiger partial charge in [-0.25, -0.2) is 0 Å². The van der Waals surface area contributed by atoms with Crippen LogP contribution in [0, 0.1) is 0 Å². The summed E-state index contributed by atoms with van der Waals surface area (Å²) >= 11 is 1.86. The van der Waals surface area contributed by atoms with Gasteiger partial charge in [0.05, 0.1) is 0 Å². The van der Waals surface area contributed by atoms with Crippen LogP contribution in [0.1, 0.15) is 34.1 Å². The second-order valence-electron chi connectivity index (χ2n) is 4.48. The van der Waals surface area contributed by atoms with Crippen molar-refractivity contribution in [2.75, 3.05) is 12.8 Å². The average Bonchev–Trinajstić information content (AvgIpc) is 2.00. The summed E-state index contributed by atoms with van der Waals surface area (Å²) < 4.78 is 0. The molecule has 0 bridgehead atoms. The minimum absolute atomic E-state index is 0.00128. The largest absolute Gasteiger partial charge is 0.370 e. The van der Waals surface area contributed by atoms with Crippen molar-refractivity contribution in [2.24, 2.45) is 10.7 Å². The van der Waals surface area contributed by atoms with Crippen LogP contribution in [0.4, 0.5) is 0 Å². The summed E-state index contributed by atoms with van der Waals surface area (Å²) in [7, 11) is 0. The zero-order chi connectivity index (χ0) is 11.2. The van der Waals surface area contributed by atoms with Crippen molar-refractivity contribution in [3.8, 4) is 0 Å². The lowest BCUT2D eigenvalue weighted by molar-refractivity contribution is 0.508. The molecule has 3 N–H and O–H groups in total. The van der Waals surface area contributed by atoms with Crippen LogP contribution >= 0.6 is 11.8 Å². The summed E-state index contributed by atoms with van der Waals surface area (Å²) in [5.74, 6) is 0.547. The standard InChI is InChI=1S/C10H23N3S/c1-8(14-5)6-7-12-9(11)13-10(2,3)4/h8H,6-7H2,1-5H3,(H3,11,12,13). The number of aliphatic imine (C=N–C) groups is 1. The lowest BCUT2D eigenvalue weighted by Crippen LogP contribution is -2.45. The van der Waals surface area contributed by atoms with Crippen LogP contribution in [0.2, 0.25) is 0 Å². The Morgan fingerprint density at radius 1 is 1.50 bits per heavy atom. The SMILES string of the molecule is CSC(C)CCN=C(N)NC(C)(C)C. The van der Waals surface area contributed by atoms with E-state index in [-0.39, 0.29) is 5.54 Å². The first kappa shape index (κ1) is 13.6. The van der Waals surface area contributed by atoms with Gasteiger partial charge in [-0.05, 0) is 33.4 Å². The number of thioether (sulfide) groups is 1. The Labute approximate surface area is 91.9 Å². The third kappa shape index (κ3) is 8.23. The zero-order valence-electron chi connectivity index (χ0n) is 9.92. The Morgan fingerprint density at radius 2 is 2.07 bits per heavy atom. The summed E-state index contributed by atoms with van der Waals surface area (Å²) in [6, 6.07) is 0. The van der Waals surface area contributed by atoms with Gasteiger partial charge in [0.2, 0.25) is 0 Å². The van der Waals surface area contributed by atoms with Crippen molar-refractivity contribution in [2.45, 2.75) is 44.9 Å². The molecule has 0 spiro atoms. The van der Waals surface area contributed by atoms with E-state index in [1.165, 1.54) is 0 Å². The molecular formula is C10H23N3S. The van der Waals surface area contributed by atoms with E-state index in [0.717, 1.165) is 13.0 Å². The number of rotatable bonds is 4. The quantitative estimate of drug-likeness (QED) is 0.558. The van der Waals surface area contributed by atoms with E-state index in [2.05, 4.69) is 44.3 Å². The van der Waals surface area contributed by atoms with Gasteiger partial charge in [0.1, 0.15) is 0 Å². The molecule has 84 valence electrons. The molecule has 0 aromatic carbocycles. The molecule has 0 amide bonds. The van der Waals surface area contributed by atoms with Crippen LogP contribution < -0.4 is 11.1 Å². The molecule has 0 radical (unpaired) electrons. The highest BCUT2D eigenvalue weighted by Gasteiger charge is 2.09. The molecule has 0 aromatic rings. The number of hydrogen-bond donors (Lipinski definition) is 2. The van der Waals surface area contributed by atoms with Crippen LogP contribution in [0.5, 0.6) is 0 Å². The second-order valence-corrected chi connectivity index (χ2v) is 5.75. The molecule has 0 aliphatic heterocycles. The first-order chi connectivity index (χ1) is 6.35. The lowest BCUT2D eigenvalue weighted by Gasteiger charge is -2.21. The minimum Gasteiger partial charge on any atom is -0.370 e. The molecule has 4 heteroatoms. The number of nitrogens with zero attached hydrogens (tertiary/aromatic N) is 1. The maximum Gasteiger partial charge on any atom is 0.188 e. The van der Waals surface area contributed by atoms with E-state index >= 15 is 0 Å². The highest BCUT2D eigenvalue weighted by molar-refractivity contribution is 7.99. The highest BCUT2D eigenvalue weighted by atomic mass is 32.2. The van der Waals surface area contributed by atoms with Crippen molar-refractivity contribution in [1.82, 2.24) is 5.32 Å². The van der Waals surface area contributed by atoms with Gasteiger partial charge in [0.25, 0.3) is 0 Å². The van der Waals surface area contributed by atoms with Crippen molar-refractivity contribution >= 4 is 17.7 Å². The Balaban J connectivity index is 3.78. The normalized spacial score (nSPS) is 15.4. The van der Waals surface area contributed by atoms with Gasteiger partial charge < -0.3 is 11.1 Å². The summed E-state index contributed by atoms with van der Waals surface area (Å²) in [4.78, 5) is 4.27. The van der Waals surface area contributed by atoms with E-state index in [0.29, 0.717) is 11.2 Å². The monoisotopic (exact) mass is 217 g/mol. The van der Waals surface area contributed by atoms with Crippen LogP contribution in [-0.4, -0.2) is 29.5 Å². The van der Waals surface area contributed by atoms with Crippen molar-refractivity contribution in [1.29, 1.82) is 0 Å². The molecule has 0 saturated carbocycles. The van der Waals surface area contributed by atoms with E-state index in [1.54, 1.807) is 0 Å². The molecule has 1 unspecified atom stereocenters. The number of guanidine groups is 1. The van der Waals surface area contributed by atoms with E-state index < -0.39 is 0 Å². The van der Waals surface area contributed by atoms with Crippen LogP contribution in [0.25, 0.3) is 0 Å². The fourth-order valence-corrected chi connectivity index (χ4v) is 1.25.